The van der Waals surface area contributed by atoms with E-state index in [-0.39, 0.29) is 17.1 Å². The van der Waals surface area contributed by atoms with E-state index in [4.69, 9.17) is 27.3 Å². The van der Waals surface area contributed by atoms with Crippen LogP contribution >= 0.6 is 11.6 Å². The van der Waals surface area contributed by atoms with Crippen LogP contribution in [0.25, 0.3) is 0 Å². The Balaban J connectivity index is 2.40. The van der Waals surface area contributed by atoms with E-state index in [9.17, 15) is 4.39 Å². The van der Waals surface area contributed by atoms with E-state index in [0.717, 1.165) is 6.07 Å². The van der Waals surface area contributed by atoms with Crippen molar-refractivity contribution in [2.24, 2.45) is 0 Å². The maximum Gasteiger partial charge on any atom is 0.167 e. The average molecular weight is 263 g/mol. The smallest absolute Gasteiger partial charge is 0.167 e. The third-order valence-corrected chi connectivity index (χ3v) is 2.48. The quantitative estimate of drug-likeness (QED) is 0.839. The van der Waals surface area contributed by atoms with Crippen molar-refractivity contribution in [3.05, 3.63) is 52.8 Å². The lowest BCUT2D eigenvalue weighted by molar-refractivity contribution is 0.441. The number of halogens is 2. The Morgan fingerprint density at radius 1 is 1.17 bits per heavy atom. The number of hydrogen-bond donors (Lipinski definition) is 1. The molecule has 5 heteroatoms. The third-order valence-electron chi connectivity index (χ3n) is 2.24. The summed E-state index contributed by atoms with van der Waals surface area (Å²) in [6.45, 7) is 0. The van der Waals surface area contributed by atoms with Gasteiger partial charge >= 0.3 is 0 Å². The summed E-state index contributed by atoms with van der Waals surface area (Å²) >= 11 is 5.80. The zero-order valence-corrected chi connectivity index (χ0v) is 9.91. The van der Waals surface area contributed by atoms with Crippen LogP contribution in [-0.2, 0) is 0 Å². The highest BCUT2D eigenvalue weighted by molar-refractivity contribution is 6.30. The molecule has 0 spiro atoms. The van der Waals surface area contributed by atoms with E-state index in [1.807, 2.05) is 6.07 Å². The highest BCUT2D eigenvalue weighted by Crippen LogP contribution is 2.30. The molecule has 0 heterocycles. The summed E-state index contributed by atoms with van der Waals surface area (Å²) in [4.78, 5) is 0. The molecule has 0 saturated carbocycles. The molecule has 2 N–H and O–H groups in total. The van der Waals surface area contributed by atoms with Gasteiger partial charge in [0.05, 0.1) is 5.56 Å². The Morgan fingerprint density at radius 3 is 2.61 bits per heavy atom. The van der Waals surface area contributed by atoms with Gasteiger partial charge in [-0.15, -0.1) is 0 Å². The zero-order chi connectivity index (χ0) is 13.1. The predicted molar refractivity (Wildman–Crippen MR) is 67.1 cm³/mol. The van der Waals surface area contributed by atoms with Crippen LogP contribution in [0.1, 0.15) is 5.56 Å². The van der Waals surface area contributed by atoms with Crippen LogP contribution in [0.2, 0.25) is 5.02 Å². The lowest BCUT2D eigenvalue weighted by atomic mass is 10.2. The van der Waals surface area contributed by atoms with Crippen molar-refractivity contribution in [2.75, 3.05) is 5.73 Å². The van der Waals surface area contributed by atoms with Crippen molar-refractivity contribution in [2.45, 2.75) is 0 Å². The molecule has 0 atom stereocenters. The van der Waals surface area contributed by atoms with Crippen LogP contribution in [0.5, 0.6) is 11.5 Å². The molecule has 2 aromatic carbocycles. The summed E-state index contributed by atoms with van der Waals surface area (Å²) in [5, 5.41) is 9.32. The van der Waals surface area contributed by atoms with Gasteiger partial charge < -0.3 is 10.5 Å². The van der Waals surface area contributed by atoms with E-state index in [1.165, 1.54) is 24.3 Å². The van der Waals surface area contributed by atoms with Gasteiger partial charge in [0.2, 0.25) is 0 Å². The topological polar surface area (TPSA) is 59.0 Å². The van der Waals surface area contributed by atoms with Gasteiger partial charge in [0.25, 0.3) is 0 Å². The van der Waals surface area contributed by atoms with E-state index in [2.05, 4.69) is 0 Å². The van der Waals surface area contributed by atoms with Gasteiger partial charge in [0.1, 0.15) is 11.8 Å². The molecule has 0 aliphatic carbocycles. The molecule has 0 radical (unpaired) electrons. The van der Waals surface area contributed by atoms with E-state index >= 15 is 0 Å². The number of benzene rings is 2. The monoisotopic (exact) mass is 262 g/mol. The van der Waals surface area contributed by atoms with Crippen molar-refractivity contribution >= 4 is 17.3 Å². The fourth-order valence-corrected chi connectivity index (χ4v) is 1.55. The van der Waals surface area contributed by atoms with Gasteiger partial charge in [-0.1, -0.05) is 11.6 Å². The van der Waals surface area contributed by atoms with Gasteiger partial charge in [0, 0.05) is 22.8 Å². The lowest BCUT2D eigenvalue weighted by Crippen LogP contribution is -1.93. The number of ether oxygens (including phenoxy) is 1. The SMILES string of the molecule is N#Cc1ccc(Cl)cc1Oc1ccc(N)cc1F. The second-order valence-electron chi connectivity index (χ2n) is 3.54. The Labute approximate surface area is 108 Å². The highest BCUT2D eigenvalue weighted by atomic mass is 35.5. The number of anilines is 1. The van der Waals surface area contributed by atoms with Gasteiger partial charge in [0.15, 0.2) is 11.6 Å². The molecule has 0 aliphatic rings. The van der Waals surface area contributed by atoms with E-state index < -0.39 is 5.82 Å². The van der Waals surface area contributed by atoms with Gasteiger partial charge in [-0.2, -0.15) is 5.26 Å². The first-order valence-corrected chi connectivity index (χ1v) is 5.40. The number of nitrogen functional groups attached to an aromatic ring is 1. The molecule has 3 nitrogen and oxygen atoms in total. The molecule has 90 valence electrons. The average Bonchev–Trinajstić information content (AvgIpc) is 2.33. The fraction of sp³-hybridized carbons (Fsp3) is 0. The van der Waals surface area contributed by atoms with E-state index in [0.29, 0.717) is 10.7 Å². The summed E-state index contributed by atoms with van der Waals surface area (Å²) in [6, 6.07) is 10.5. The molecule has 0 amide bonds. The number of nitrogens with zero attached hydrogens (tertiary/aromatic N) is 1. The normalized spacial score (nSPS) is 9.83. The van der Waals surface area contributed by atoms with Crippen LogP contribution in [0, 0.1) is 17.1 Å². The molecule has 0 fully saturated rings. The minimum atomic E-state index is -0.598. The van der Waals surface area contributed by atoms with Crippen LogP contribution in [0.4, 0.5) is 10.1 Å². The molecular formula is C13H8ClFN2O. The van der Waals surface area contributed by atoms with Crippen LogP contribution in [-0.4, -0.2) is 0 Å². The summed E-state index contributed by atoms with van der Waals surface area (Å²) in [5.74, 6) is -0.407. The van der Waals surface area contributed by atoms with Crippen molar-refractivity contribution < 1.29 is 9.13 Å². The number of hydrogen-bond acceptors (Lipinski definition) is 3. The van der Waals surface area contributed by atoms with Crippen molar-refractivity contribution in [3.8, 4) is 17.6 Å². The Bertz CT molecular complexity index is 637. The second kappa shape index (κ2) is 4.94. The zero-order valence-electron chi connectivity index (χ0n) is 9.15. The van der Waals surface area contributed by atoms with Crippen LogP contribution in [0.3, 0.4) is 0 Å². The summed E-state index contributed by atoms with van der Waals surface area (Å²) in [6.07, 6.45) is 0. The molecule has 0 saturated heterocycles. The fourth-order valence-electron chi connectivity index (χ4n) is 1.39. The standard InChI is InChI=1S/C13H8ClFN2O/c14-9-2-1-8(7-16)13(5-9)18-12-4-3-10(17)6-11(12)15/h1-6H,17H2. The first-order chi connectivity index (χ1) is 8.60. The largest absolute Gasteiger partial charge is 0.453 e. The second-order valence-corrected chi connectivity index (χ2v) is 3.98. The molecule has 0 unspecified atom stereocenters. The summed E-state index contributed by atoms with van der Waals surface area (Å²) < 4.78 is 18.9. The Hall–Kier alpha value is -2.25. The highest BCUT2D eigenvalue weighted by Gasteiger charge is 2.09. The number of nitrogens with two attached hydrogens (primary N) is 1. The predicted octanol–water partition coefficient (Wildman–Crippen LogP) is 3.73. The molecule has 0 aromatic heterocycles. The first kappa shape index (κ1) is 12.2. The molecule has 0 aliphatic heterocycles. The van der Waals surface area contributed by atoms with E-state index in [1.54, 1.807) is 6.07 Å². The molecule has 2 rings (SSSR count). The van der Waals surface area contributed by atoms with Gasteiger partial charge in [-0.25, -0.2) is 4.39 Å². The Kier molecular flexibility index (Phi) is 3.35. The maximum absolute atomic E-state index is 13.6. The minimum Gasteiger partial charge on any atom is -0.453 e. The summed E-state index contributed by atoms with van der Waals surface area (Å²) in [5.41, 5.74) is 6.00. The van der Waals surface area contributed by atoms with Gasteiger partial charge in [-0.05, 0) is 24.3 Å². The molecule has 0 bridgehead atoms. The first-order valence-electron chi connectivity index (χ1n) is 5.02. The molecule has 2 aromatic rings. The maximum atomic E-state index is 13.6. The number of rotatable bonds is 2. The Morgan fingerprint density at radius 2 is 1.94 bits per heavy atom. The van der Waals surface area contributed by atoms with Crippen molar-refractivity contribution in [3.63, 3.8) is 0 Å². The number of nitriles is 1. The van der Waals surface area contributed by atoms with Gasteiger partial charge in [-0.3, -0.25) is 0 Å². The lowest BCUT2D eigenvalue weighted by Gasteiger charge is -2.09. The minimum absolute atomic E-state index is 0.0111. The third kappa shape index (κ3) is 2.53. The summed E-state index contributed by atoms with van der Waals surface area (Å²) in [7, 11) is 0. The van der Waals surface area contributed by atoms with Crippen LogP contribution in [0.15, 0.2) is 36.4 Å². The van der Waals surface area contributed by atoms with Crippen molar-refractivity contribution in [1.29, 1.82) is 5.26 Å². The molecule has 18 heavy (non-hydrogen) atoms. The molecular weight excluding hydrogens is 255 g/mol. The van der Waals surface area contributed by atoms with Crippen molar-refractivity contribution in [1.82, 2.24) is 0 Å². The van der Waals surface area contributed by atoms with Crippen LogP contribution < -0.4 is 10.5 Å².